The number of tetrazole rings is 1. The Hall–Kier alpha value is -3.42. The number of hydrogen-bond donors (Lipinski definition) is 1. The van der Waals surface area contributed by atoms with Crippen LogP contribution < -0.4 is 0 Å². The third-order valence-corrected chi connectivity index (χ3v) is 5.55. The molecule has 4 rings (SSSR count). The van der Waals surface area contributed by atoms with Crippen LogP contribution in [0.2, 0.25) is 0 Å². The molecule has 1 aromatic carbocycles. The Labute approximate surface area is 188 Å². The number of benzene rings is 1. The molecule has 4 aromatic rings. The second kappa shape index (κ2) is 10.7. The Morgan fingerprint density at radius 1 is 0.906 bits per heavy atom. The van der Waals surface area contributed by atoms with E-state index >= 15 is 0 Å². The normalized spacial score (nSPS) is 11.2. The highest BCUT2D eigenvalue weighted by molar-refractivity contribution is 5.79. The van der Waals surface area contributed by atoms with Crippen LogP contribution in [0.3, 0.4) is 0 Å². The van der Waals surface area contributed by atoms with Crippen LogP contribution in [0.15, 0.2) is 42.7 Å². The largest absolute Gasteiger partial charge is 0.264 e. The van der Waals surface area contributed by atoms with E-state index in [0.29, 0.717) is 5.82 Å². The topological polar surface area (TPSA) is 98.1 Å². The van der Waals surface area contributed by atoms with Gasteiger partial charge >= 0.3 is 0 Å². The van der Waals surface area contributed by atoms with Crippen molar-refractivity contribution >= 4 is 0 Å². The lowest BCUT2D eigenvalue weighted by Gasteiger charge is -2.09. The molecule has 1 N–H and O–H groups in total. The predicted octanol–water partition coefficient (Wildman–Crippen LogP) is 4.64. The molecular formula is C24H30N8. The highest BCUT2D eigenvalue weighted by Crippen LogP contribution is 2.29. The van der Waals surface area contributed by atoms with Gasteiger partial charge in [0.1, 0.15) is 5.82 Å². The summed E-state index contributed by atoms with van der Waals surface area (Å²) in [7, 11) is 0. The van der Waals surface area contributed by atoms with Crippen LogP contribution in [0.5, 0.6) is 0 Å². The number of aromatic amines is 1. The third-order valence-electron chi connectivity index (χ3n) is 5.55. The highest BCUT2D eigenvalue weighted by Gasteiger charge is 2.13. The van der Waals surface area contributed by atoms with Crippen LogP contribution in [0.4, 0.5) is 0 Å². The molecule has 32 heavy (non-hydrogen) atoms. The first-order valence-corrected chi connectivity index (χ1v) is 11.5. The fourth-order valence-electron chi connectivity index (χ4n) is 3.77. The van der Waals surface area contributed by atoms with Crippen LogP contribution in [-0.2, 0) is 19.4 Å². The molecule has 0 aliphatic rings. The number of aryl methyl sites for hydroxylation is 2. The number of rotatable bonds is 11. The number of nitrogens with one attached hydrogen (secondary N) is 1. The standard InChI is InChI=1S/C24H30N8/c1-3-5-7-9-23-26-22(8-6-4-2)29-32(23)17-18-10-12-19(13-11-18)21-16-25-15-14-20(21)24-27-30-31-28-24/h10-16H,3-9,17H2,1-2H3,(H,27,28,30,31). The minimum absolute atomic E-state index is 0.561. The van der Waals surface area contributed by atoms with Gasteiger partial charge in [0.2, 0.25) is 5.82 Å². The Balaban J connectivity index is 1.54. The molecule has 0 atom stereocenters. The van der Waals surface area contributed by atoms with Gasteiger partial charge in [-0.05, 0) is 35.2 Å². The zero-order valence-electron chi connectivity index (χ0n) is 18.8. The molecule has 0 aliphatic heterocycles. The maximum absolute atomic E-state index is 4.84. The minimum atomic E-state index is 0.561. The number of hydrogen-bond acceptors (Lipinski definition) is 6. The van der Waals surface area contributed by atoms with Crippen molar-refractivity contribution in [3.63, 3.8) is 0 Å². The molecule has 0 spiro atoms. The SMILES string of the molecule is CCCCCc1nc(CCCC)nn1Cc1ccc(-c2cnccc2-c2nn[nH]n2)cc1. The second-order valence-electron chi connectivity index (χ2n) is 8.02. The van der Waals surface area contributed by atoms with Crippen LogP contribution in [0.1, 0.15) is 63.2 Å². The van der Waals surface area contributed by atoms with Gasteiger partial charge in [0.15, 0.2) is 5.82 Å². The number of nitrogens with zero attached hydrogens (tertiary/aromatic N) is 7. The van der Waals surface area contributed by atoms with Crippen molar-refractivity contribution in [2.75, 3.05) is 0 Å². The monoisotopic (exact) mass is 430 g/mol. The molecule has 0 radical (unpaired) electrons. The van der Waals surface area contributed by atoms with Crippen molar-refractivity contribution in [1.29, 1.82) is 0 Å². The summed E-state index contributed by atoms with van der Waals surface area (Å²) >= 11 is 0. The van der Waals surface area contributed by atoms with Gasteiger partial charge in [-0.25, -0.2) is 9.67 Å². The van der Waals surface area contributed by atoms with Gasteiger partial charge in [0, 0.05) is 36.4 Å². The maximum atomic E-state index is 4.84. The summed E-state index contributed by atoms with van der Waals surface area (Å²) in [6.45, 7) is 5.16. The fraction of sp³-hybridized carbons (Fsp3) is 0.417. The molecule has 0 aliphatic carbocycles. The summed E-state index contributed by atoms with van der Waals surface area (Å²) in [5.74, 6) is 2.63. The van der Waals surface area contributed by atoms with E-state index in [1.54, 1.807) is 6.20 Å². The molecule has 0 saturated heterocycles. The molecule has 0 fully saturated rings. The average Bonchev–Trinajstić information content (AvgIpc) is 3.49. The summed E-state index contributed by atoms with van der Waals surface area (Å²) < 4.78 is 2.09. The molecule has 3 aromatic heterocycles. The molecule has 166 valence electrons. The predicted molar refractivity (Wildman–Crippen MR) is 124 cm³/mol. The number of pyridine rings is 1. The van der Waals surface area contributed by atoms with Gasteiger partial charge in [-0.15, -0.1) is 10.2 Å². The number of H-pyrrole nitrogens is 1. The third kappa shape index (κ3) is 5.25. The summed E-state index contributed by atoms with van der Waals surface area (Å²) in [6.07, 6.45) is 11.4. The van der Waals surface area contributed by atoms with E-state index in [1.165, 1.54) is 18.4 Å². The molecule has 0 unspecified atom stereocenters. The molecule has 8 nitrogen and oxygen atoms in total. The van der Waals surface area contributed by atoms with Crippen molar-refractivity contribution in [2.45, 2.75) is 65.3 Å². The molecule has 0 amide bonds. The fourth-order valence-corrected chi connectivity index (χ4v) is 3.77. The highest BCUT2D eigenvalue weighted by atomic mass is 15.5. The summed E-state index contributed by atoms with van der Waals surface area (Å²) in [5, 5.41) is 19.2. The maximum Gasteiger partial charge on any atom is 0.205 e. The molecule has 3 heterocycles. The van der Waals surface area contributed by atoms with Crippen molar-refractivity contribution in [3.05, 3.63) is 59.9 Å². The van der Waals surface area contributed by atoms with E-state index in [9.17, 15) is 0 Å². The molecule has 0 saturated carbocycles. The van der Waals surface area contributed by atoms with E-state index in [4.69, 9.17) is 10.1 Å². The first kappa shape index (κ1) is 21.8. The smallest absolute Gasteiger partial charge is 0.205 e. The van der Waals surface area contributed by atoms with E-state index in [1.807, 2.05) is 12.3 Å². The average molecular weight is 431 g/mol. The molecule has 8 heteroatoms. The zero-order valence-corrected chi connectivity index (χ0v) is 18.8. The molecular weight excluding hydrogens is 400 g/mol. The number of unbranched alkanes of at least 4 members (excludes halogenated alkanes) is 3. The summed E-state index contributed by atoms with van der Waals surface area (Å²) in [6, 6.07) is 10.4. The minimum Gasteiger partial charge on any atom is -0.264 e. The lowest BCUT2D eigenvalue weighted by Crippen LogP contribution is -2.07. The van der Waals surface area contributed by atoms with Crippen molar-refractivity contribution in [1.82, 2.24) is 40.4 Å². The lowest BCUT2D eigenvalue weighted by molar-refractivity contribution is 0.602. The van der Waals surface area contributed by atoms with Gasteiger partial charge in [-0.1, -0.05) is 57.4 Å². The van der Waals surface area contributed by atoms with Crippen molar-refractivity contribution in [3.8, 4) is 22.5 Å². The Morgan fingerprint density at radius 2 is 1.75 bits per heavy atom. The van der Waals surface area contributed by atoms with Gasteiger partial charge in [-0.2, -0.15) is 10.3 Å². The van der Waals surface area contributed by atoms with Crippen LogP contribution >= 0.6 is 0 Å². The van der Waals surface area contributed by atoms with Gasteiger partial charge in [0.05, 0.1) is 6.54 Å². The van der Waals surface area contributed by atoms with Crippen LogP contribution in [0.25, 0.3) is 22.5 Å². The number of aromatic nitrogens is 8. The van der Waals surface area contributed by atoms with E-state index in [0.717, 1.165) is 67.0 Å². The van der Waals surface area contributed by atoms with Crippen molar-refractivity contribution in [2.24, 2.45) is 0 Å². The second-order valence-corrected chi connectivity index (χ2v) is 8.02. The molecule has 0 bridgehead atoms. The zero-order chi connectivity index (χ0) is 22.2. The first-order valence-electron chi connectivity index (χ1n) is 11.5. The Kier molecular flexibility index (Phi) is 7.32. The van der Waals surface area contributed by atoms with Crippen LogP contribution in [-0.4, -0.2) is 40.4 Å². The van der Waals surface area contributed by atoms with E-state index in [2.05, 4.69) is 68.4 Å². The van der Waals surface area contributed by atoms with Gasteiger partial charge in [-0.3, -0.25) is 4.98 Å². The van der Waals surface area contributed by atoms with Gasteiger partial charge < -0.3 is 0 Å². The first-order chi connectivity index (χ1) is 15.8. The quantitative estimate of drug-likeness (QED) is 0.348. The Bertz CT molecular complexity index is 1100. The van der Waals surface area contributed by atoms with E-state index in [-0.39, 0.29) is 0 Å². The van der Waals surface area contributed by atoms with Crippen LogP contribution in [0, 0.1) is 0 Å². The van der Waals surface area contributed by atoms with E-state index < -0.39 is 0 Å². The Morgan fingerprint density at radius 3 is 2.50 bits per heavy atom. The lowest BCUT2D eigenvalue weighted by atomic mass is 10.0. The van der Waals surface area contributed by atoms with Crippen molar-refractivity contribution < 1.29 is 0 Å². The summed E-state index contributed by atoms with van der Waals surface area (Å²) in [5.41, 5.74) is 4.13. The van der Waals surface area contributed by atoms with Gasteiger partial charge in [0.25, 0.3) is 0 Å². The summed E-state index contributed by atoms with van der Waals surface area (Å²) in [4.78, 5) is 9.13.